The average Bonchev–Trinajstić information content (AvgIpc) is 2.60. The minimum Gasteiger partial charge on any atom is -0.396 e. The van der Waals surface area contributed by atoms with Crippen LogP contribution in [0.3, 0.4) is 0 Å². The van der Waals surface area contributed by atoms with Crippen molar-refractivity contribution in [1.82, 2.24) is 0 Å². The van der Waals surface area contributed by atoms with Crippen molar-refractivity contribution >= 4 is 8.07 Å². The molecule has 0 aromatic heterocycles. The van der Waals surface area contributed by atoms with Crippen molar-refractivity contribution in [2.24, 2.45) is 0 Å². The molecule has 0 aromatic rings. The minimum absolute atomic E-state index is 0.146. The summed E-state index contributed by atoms with van der Waals surface area (Å²) in [4.78, 5) is 0. The molecule has 0 aromatic carbocycles. The standard InChI is InChI=1S/C16H28O2Si/c1-5-16(18)14(10-11-17)12-8-6-7-9-13(12)15(16)19(2,3)4/h17-18H,5-11H2,1-4H3. The van der Waals surface area contributed by atoms with Crippen molar-refractivity contribution in [2.75, 3.05) is 6.61 Å². The van der Waals surface area contributed by atoms with E-state index in [0.29, 0.717) is 6.42 Å². The SMILES string of the molecule is CCC1(O)C(CCO)=C2CCCCC2=C1[Si](C)(C)C. The highest BCUT2D eigenvalue weighted by Crippen LogP contribution is 2.52. The summed E-state index contributed by atoms with van der Waals surface area (Å²) in [6.45, 7) is 9.24. The van der Waals surface area contributed by atoms with Crippen LogP contribution in [0.25, 0.3) is 0 Å². The van der Waals surface area contributed by atoms with Crippen LogP contribution in [-0.4, -0.2) is 30.5 Å². The number of hydrogen-bond acceptors (Lipinski definition) is 2. The Kier molecular flexibility index (Phi) is 4.10. The molecule has 0 spiro atoms. The van der Waals surface area contributed by atoms with Crippen LogP contribution < -0.4 is 0 Å². The maximum atomic E-state index is 11.3. The summed E-state index contributed by atoms with van der Waals surface area (Å²) < 4.78 is 0. The quantitative estimate of drug-likeness (QED) is 0.773. The Balaban J connectivity index is 2.59. The fourth-order valence-corrected chi connectivity index (χ4v) is 6.85. The fraction of sp³-hybridized carbons (Fsp3) is 0.750. The summed E-state index contributed by atoms with van der Waals surface area (Å²) in [6.07, 6.45) is 6.09. The van der Waals surface area contributed by atoms with Crippen molar-refractivity contribution in [3.63, 3.8) is 0 Å². The van der Waals surface area contributed by atoms with Crippen molar-refractivity contribution in [3.05, 3.63) is 21.9 Å². The van der Waals surface area contributed by atoms with Crippen molar-refractivity contribution in [2.45, 2.75) is 70.7 Å². The van der Waals surface area contributed by atoms with Gasteiger partial charge in [-0.1, -0.05) is 26.6 Å². The van der Waals surface area contributed by atoms with Crippen LogP contribution in [0.2, 0.25) is 19.6 Å². The highest BCUT2D eigenvalue weighted by Gasteiger charge is 2.48. The lowest BCUT2D eigenvalue weighted by atomic mass is 9.87. The first kappa shape index (κ1) is 15.0. The molecule has 2 aliphatic carbocycles. The second kappa shape index (κ2) is 5.19. The number of rotatable bonds is 4. The van der Waals surface area contributed by atoms with Gasteiger partial charge in [-0.05, 0) is 60.4 Å². The molecule has 2 rings (SSSR count). The topological polar surface area (TPSA) is 40.5 Å². The molecule has 1 saturated carbocycles. The van der Waals surface area contributed by atoms with Gasteiger partial charge in [-0.3, -0.25) is 0 Å². The van der Waals surface area contributed by atoms with E-state index in [9.17, 15) is 10.2 Å². The van der Waals surface area contributed by atoms with E-state index in [4.69, 9.17) is 0 Å². The minimum atomic E-state index is -1.55. The van der Waals surface area contributed by atoms with E-state index >= 15 is 0 Å². The molecule has 1 atom stereocenters. The summed E-state index contributed by atoms with van der Waals surface area (Å²) in [5, 5.41) is 22.1. The molecule has 2 N–H and O–H groups in total. The highest BCUT2D eigenvalue weighted by atomic mass is 28.3. The number of fused-ring (bicyclic) bond motifs is 1. The largest absolute Gasteiger partial charge is 0.396 e. The summed E-state index contributed by atoms with van der Waals surface area (Å²) in [7, 11) is -1.55. The van der Waals surface area contributed by atoms with E-state index < -0.39 is 13.7 Å². The van der Waals surface area contributed by atoms with Crippen LogP contribution in [0.15, 0.2) is 21.9 Å². The predicted molar refractivity (Wildman–Crippen MR) is 82.8 cm³/mol. The van der Waals surface area contributed by atoms with Crippen molar-refractivity contribution < 1.29 is 10.2 Å². The van der Waals surface area contributed by atoms with Gasteiger partial charge in [-0.25, -0.2) is 0 Å². The number of aliphatic hydroxyl groups is 2. The first-order chi connectivity index (χ1) is 8.86. The molecule has 19 heavy (non-hydrogen) atoms. The lowest BCUT2D eigenvalue weighted by Gasteiger charge is -2.36. The van der Waals surface area contributed by atoms with Crippen LogP contribution in [0, 0.1) is 0 Å². The van der Waals surface area contributed by atoms with Crippen molar-refractivity contribution in [3.8, 4) is 0 Å². The Morgan fingerprint density at radius 2 is 1.68 bits per heavy atom. The molecule has 0 heterocycles. The molecular weight excluding hydrogens is 252 g/mol. The first-order valence-corrected chi connectivity index (χ1v) is 11.2. The van der Waals surface area contributed by atoms with Gasteiger partial charge in [0.2, 0.25) is 0 Å². The lowest BCUT2D eigenvalue weighted by Crippen LogP contribution is -2.42. The monoisotopic (exact) mass is 280 g/mol. The van der Waals surface area contributed by atoms with E-state index in [1.807, 2.05) is 0 Å². The number of allylic oxidation sites excluding steroid dienone is 2. The van der Waals surface area contributed by atoms with E-state index in [0.717, 1.165) is 24.8 Å². The van der Waals surface area contributed by atoms with Crippen LogP contribution in [0.4, 0.5) is 0 Å². The van der Waals surface area contributed by atoms with Gasteiger partial charge in [0.15, 0.2) is 0 Å². The molecule has 0 saturated heterocycles. The molecule has 2 aliphatic rings. The summed E-state index contributed by atoms with van der Waals surface area (Å²) in [6, 6.07) is 0. The predicted octanol–water partition coefficient (Wildman–Crippen LogP) is 3.57. The molecule has 0 radical (unpaired) electrons. The Bertz CT molecular complexity index is 429. The molecule has 2 nitrogen and oxygen atoms in total. The molecule has 0 bridgehead atoms. The third-order valence-corrected chi connectivity index (χ3v) is 6.89. The first-order valence-electron chi connectivity index (χ1n) is 7.66. The Labute approximate surface area is 118 Å². The van der Waals surface area contributed by atoms with Crippen molar-refractivity contribution in [1.29, 1.82) is 0 Å². The number of aliphatic hydroxyl groups excluding tert-OH is 1. The van der Waals surface area contributed by atoms with Crippen LogP contribution in [0.1, 0.15) is 45.4 Å². The van der Waals surface area contributed by atoms with E-state index in [-0.39, 0.29) is 6.61 Å². The Morgan fingerprint density at radius 3 is 2.16 bits per heavy atom. The second-order valence-electron chi connectivity index (χ2n) is 6.96. The summed E-state index contributed by atoms with van der Waals surface area (Å²) >= 11 is 0. The summed E-state index contributed by atoms with van der Waals surface area (Å²) in [5.74, 6) is 0. The van der Waals surface area contributed by atoms with Gasteiger partial charge in [0, 0.05) is 6.61 Å². The highest BCUT2D eigenvalue weighted by molar-refractivity contribution is 6.83. The molecule has 0 amide bonds. The van der Waals surface area contributed by atoms with Gasteiger partial charge in [0.25, 0.3) is 0 Å². The third kappa shape index (κ3) is 2.37. The van der Waals surface area contributed by atoms with E-state index in [2.05, 4.69) is 26.6 Å². The molecule has 108 valence electrons. The van der Waals surface area contributed by atoms with Crippen LogP contribution >= 0.6 is 0 Å². The maximum absolute atomic E-state index is 11.3. The smallest absolute Gasteiger partial charge is 0.104 e. The molecule has 3 heteroatoms. The average molecular weight is 280 g/mol. The van der Waals surface area contributed by atoms with Gasteiger partial charge in [0.05, 0.1) is 8.07 Å². The van der Waals surface area contributed by atoms with E-state index in [1.165, 1.54) is 29.2 Å². The maximum Gasteiger partial charge on any atom is 0.104 e. The Morgan fingerprint density at radius 1 is 1.11 bits per heavy atom. The molecule has 1 fully saturated rings. The zero-order valence-corrected chi connectivity index (χ0v) is 13.8. The van der Waals surface area contributed by atoms with Gasteiger partial charge < -0.3 is 10.2 Å². The fourth-order valence-electron chi connectivity index (χ4n) is 4.10. The van der Waals surface area contributed by atoms with Gasteiger partial charge in [-0.2, -0.15) is 0 Å². The normalized spacial score (nSPS) is 28.1. The van der Waals surface area contributed by atoms with Gasteiger partial charge in [0.1, 0.15) is 5.60 Å². The molecule has 1 unspecified atom stereocenters. The number of hydrogen-bond donors (Lipinski definition) is 2. The zero-order valence-electron chi connectivity index (χ0n) is 12.8. The van der Waals surface area contributed by atoms with Gasteiger partial charge >= 0.3 is 0 Å². The Hall–Kier alpha value is -0.383. The van der Waals surface area contributed by atoms with Gasteiger partial charge in [-0.15, -0.1) is 0 Å². The van der Waals surface area contributed by atoms with Crippen LogP contribution in [0.5, 0.6) is 0 Å². The third-order valence-electron chi connectivity index (χ3n) is 4.67. The second-order valence-corrected chi connectivity index (χ2v) is 12.0. The molecular formula is C16H28O2Si. The summed E-state index contributed by atoms with van der Waals surface area (Å²) in [5.41, 5.74) is 3.27. The van der Waals surface area contributed by atoms with Crippen LogP contribution in [-0.2, 0) is 0 Å². The molecule has 0 aliphatic heterocycles. The van der Waals surface area contributed by atoms with E-state index in [1.54, 1.807) is 0 Å². The lowest BCUT2D eigenvalue weighted by molar-refractivity contribution is 0.113. The zero-order chi connectivity index (χ0) is 14.3.